The first-order valence-electron chi connectivity index (χ1n) is 10.2. The summed E-state index contributed by atoms with van der Waals surface area (Å²) in [6.07, 6.45) is -5.30. The Morgan fingerprint density at radius 3 is 1.30 bits per heavy atom. The zero-order chi connectivity index (χ0) is 23.3. The van der Waals surface area contributed by atoms with Gasteiger partial charge in [-0.3, -0.25) is 0 Å². The summed E-state index contributed by atoms with van der Waals surface area (Å²) < 4.78 is 36.1. The molecule has 0 bridgehead atoms. The van der Waals surface area contributed by atoms with Gasteiger partial charge < -0.3 is 29.5 Å². The van der Waals surface area contributed by atoms with Crippen molar-refractivity contribution in [1.29, 1.82) is 0 Å². The molecule has 0 aromatic rings. The molecule has 2 aliphatic rings. The van der Waals surface area contributed by atoms with E-state index in [2.05, 4.69) is 0 Å². The second-order valence-corrected chi connectivity index (χ2v) is 9.60. The van der Waals surface area contributed by atoms with Gasteiger partial charge in [0.15, 0.2) is 0 Å². The summed E-state index contributed by atoms with van der Waals surface area (Å²) in [5.41, 5.74) is -1.12. The number of aliphatic hydroxyl groups excluding tert-OH is 2. The molecular formula is C20H36F2N2O6. The van der Waals surface area contributed by atoms with Gasteiger partial charge in [-0.15, -0.1) is 0 Å². The van der Waals surface area contributed by atoms with Gasteiger partial charge in [-0.1, -0.05) is 0 Å². The molecule has 0 aromatic carbocycles. The van der Waals surface area contributed by atoms with E-state index in [4.69, 9.17) is 9.47 Å². The molecule has 4 unspecified atom stereocenters. The summed E-state index contributed by atoms with van der Waals surface area (Å²) >= 11 is 0. The molecule has 0 saturated carbocycles. The predicted molar refractivity (Wildman–Crippen MR) is 107 cm³/mol. The Bertz CT molecular complexity index is 529. The van der Waals surface area contributed by atoms with Gasteiger partial charge in [-0.2, -0.15) is 0 Å². The maximum absolute atomic E-state index is 12.9. The Hall–Kier alpha value is -1.68. The van der Waals surface area contributed by atoms with Gasteiger partial charge >= 0.3 is 12.2 Å². The number of ether oxygens (including phenoxy) is 2. The van der Waals surface area contributed by atoms with Crippen LogP contribution in [-0.4, -0.2) is 94.1 Å². The number of hydrogen-bond donors (Lipinski definition) is 2. The number of halogens is 2. The van der Waals surface area contributed by atoms with Crippen LogP contribution in [0.15, 0.2) is 0 Å². The highest BCUT2D eigenvalue weighted by Crippen LogP contribution is 2.18. The van der Waals surface area contributed by atoms with Crippen molar-refractivity contribution in [3.63, 3.8) is 0 Å². The molecule has 2 aliphatic heterocycles. The van der Waals surface area contributed by atoms with Crippen molar-refractivity contribution in [2.45, 2.75) is 90.1 Å². The van der Waals surface area contributed by atoms with Crippen LogP contribution in [-0.2, 0) is 9.47 Å². The number of aliphatic hydroxyl groups is 2. The quantitative estimate of drug-likeness (QED) is 0.603. The molecule has 0 aromatic heterocycles. The Morgan fingerprint density at radius 2 is 1.07 bits per heavy atom. The van der Waals surface area contributed by atoms with E-state index in [1.54, 1.807) is 41.5 Å². The molecule has 2 rings (SSSR count). The van der Waals surface area contributed by atoms with Crippen LogP contribution in [0.3, 0.4) is 0 Å². The van der Waals surface area contributed by atoms with E-state index >= 15 is 0 Å². The highest BCUT2D eigenvalue weighted by molar-refractivity contribution is 5.68. The number of alkyl halides is 2. The summed E-state index contributed by atoms with van der Waals surface area (Å²) in [5.74, 6) is 0. The van der Waals surface area contributed by atoms with Crippen LogP contribution < -0.4 is 0 Å². The Morgan fingerprint density at radius 1 is 0.767 bits per heavy atom. The lowest BCUT2D eigenvalue weighted by molar-refractivity contribution is -0.0206. The molecular weight excluding hydrogens is 402 g/mol. The van der Waals surface area contributed by atoms with Gasteiger partial charge in [-0.05, 0) is 54.4 Å². The number of carbonyl (C=O) groups is 2. The highest BCUT2D eigenvalue weighted by atomic mass is 19.1. The van der Waals surface area contributed by atoms with E-state index < -0.39 is 47.9 Å². The normalized spacial score (nSPS) is 27.7. The van der Waals surface area contributed by atoms with Gasteiger partial charge in [-0.25, -0.2) is 18.4 Å². The number of rotatable bonds is 0. The maximum atomic E-state index is 12.9. The van der Waals surface area contributed by atoms with Crippen molar-refractivity contribution in [2.24, 2.45) is 0 Å². The average Bonchev–Trinajstić information content (AvgIpc) is 2.57. The lowest BCUT2D eigenvalue weighted by Gasteiger charge is -2.33. The van der Waals surface area contributed by atoms with Crippen molar-refractivity contribution in [3.05, 3.63) is 0 Å². The Labute approximate surface area is 177 Å². The highest BCUT2D eigenvalue weighted by Gasteiger charge is 2.33. The third-order valence-corrected chi connectivity index (χ3v) is 4.30. The molecule has 30 heavy (non-hydrogen) atoms. The van der Waals surface area contributed by atoms with E-state index in [0.717, 1.165) is 0 Å². The molecule has 0 radical (unpaired) electrons. The van der Waals surface area contributed by atoms with Gasteiger partial charge in [0.1, 0.15) is 35.8 Å². The van der Waals surface area contributed by atoms with Crippen LogP contribution in [0, 0.1) is 0 Å². The van der Waals surface area contributed by atoms with Crippen molar-refractivity contribution in [1.82, 2.24) is 9.80 Å². The van der Waals surface area contributed by atoms with Gasteiger partial charge in [0.25, 0.3) is 0 Å². The number of amides is 2. The SMILES string of the molecule is CC(C)(C)OC(=O)N1CCC(F)C(O)C1.CC(C)(C)OC(=O)N1CCC(F)C(O)C1. The summed E-state index contributed by atoms with van der Waals surface area (Å²) in [7, 11) is 0. The second kappa shape index (κ2) is 10.6. The fourth-order valence-electron chi connectivity index (χ4n) is 2.79. The first-order valence-corrected chi connectivity index (χ1v) is 10.2. The van der Waals surface area contributed by atoms with Crippen molar-refractivity contribution in [3.8, 4) is 0 Å². The average molecular weight is 439 g/mol. The third-order valence-electron chi connectivity index (χ3n) is 4.30. The van der Waals surface area contributed by atoms with Crippen molar-refractivity contribution < 1.29 is 38.1 Å². The topological polar surface area (TPSA) is 99.5 Å². The number of hydrogen-bond acceptors (Lipinski definition) is 6. The molecule has 10 heteroatoms. The number of β-amino-alcohol motifs (C(OH)–C–C–N with tert-alkyl or cyclic N) is 2. The minimum atomic E-state index is -1.23. The fourth-order valence-corrected chi connectivity index (χ4v) is 2.79. The molecule has 2 N–H and O–H groups in total. The smallest absolute Gasteiger partial charge is 0.410 e. The standard InChI is InChI=1S/2C10H18FNO3/c2*1-10(2,3)15-9(14)12-5-4-7(11)8(13)6-12/h2*7-8,13H,4-6H2,1-3H3. The van der Waals surface area contributed by atoms with Gasteiger partial charge in [0.2, 0.25) is 0 Å². The molecule has 0 aliphatic carbocycles. The first-order chi connectivity index (χ1) is 13.6. The van der Waals surface area contributed by atoms with E-state index in [1.165, 1.54) is 9.80 Å². The minimum absolute atomic E-state index is 0.0100. The second-order valence-electron chi connectivity index (χ2n) is 9.60. The minimum Gasteiger partial charge on any atom is -0.444 e. The molecule has 8 nitrogen and oxygen atoms in total. The molecule has 2 saturated heterocycles. The molecule has 2 fully saturated rings. The first kappa shape index (κ1) is 26.4. The molecule has 2 amide bonds. The number of piperidine rings is 2. The van der Waals surface area contributed by atoms with E-state index in [-0.39, 0.29) is 25.9 Å². The van der Waals surface area contributed by atoms with E-state index in [1.807, 2.05) is 0 Å². The number of nitrogens with zero attached hydrogens (tertiary/aromatic N) is 2. The van der Waals surface area contributed by atoms with Crippen molar-refractivity contribution in [2.75, 3.05) is 26.2 Å². The molecule has 176 valence electrons. The monoisotopic (exact) mass is 438 g/mol. The molecule has 4 atom stereocenters. The molecule has 0 spiro atoms. The summed E-state index contributed by atoms with van der Waals surface area (Å²) in [5, 5.41) is 18.5. The Balaban J connectivity index is 0.000000300. The number of carbonyl (C=O) groups excluding carboxylic acids is 2. The predicted octanol–water partition coefficient (Wildman–Crippen LogP) is 2.65. The van der Waals surface area contributed by atoms with Gasteiger partial charge in [0, 0.05) is 13.1 Å². The summed E-state index contributed by atoms with van der Waals surface area (Å²) in [6.45, 7) is 11.2. The van der Waals surface area contributed by atoms with Crippen LogP contribution >= 0.6 is 0 Å². The molecule has 2 heterocycles. The van der Waals surface area contributed by atoms with E-state index in [0.29, 0.717) is 13.1 Å². The Kier molecular flexibility index (Phi) is 9.28. The van der Waals surface area contributed by atoms with Crippen LogP contribution in [0.4, 0.5) is 18.4 Å². The lowest BCUT2D eigenvalue weighted by Crippen LogP contribution is -2.49. The van der Waals surface area contributed by atoms with Crippen LogP contribution in [0.2, 0.25) is 0 Å². The summed E-state index contributed by atoms with van der Waals surface area (Å²) in [4.78, 5) is 25.8. The lowest BCUT2D eigenvalue weighted by atomic mass is 10.1. The largest absolute Gasteiger partial charge is 0.444 e. The van der Waals surface area contributed by atoms with Gasteiger partial charge in [0.05, 0.1) is 13.1 Å². The zero-order valence-corrected chi connectivity index (χ0v) is 18.7. The van der Waals surface area contributed by atoms with Crippen LogP contribution in [0.1, 0.15) is 54.4 Å². The summed E-state index contributed by atoms with van der Waals surface area (Å²) in [6, 6.07) is 0. The third kappa shape index (κ3) is 9.42. The van der Waals surface area contributed by atoms with Crippen LogP contribution in [0.5, 0.6) is 0 Å². The maximum Gasteiger partial charge on any atom is 0.410 e. The van der Waals surface area contributed by atoms with Crippen LogP contribution in [0.25, 0.3) is 0 Å². The number of likely N-dealkylation sites (tertiary alicyclic amines) is 2. The zero-order valence-electron chi connectivity index (χ0n) is 18.7. The van der Waals surface area contributed by atoms with E-state index in [9.17, 15) is 28.6 Å². The fraction of sp³-hybridized carbons (Fsp3) is 0.900. The van der Waals surface area contributed by atoms with Crippen molar-refractivity contribution >= 4 is 12.2 Å².